The minimum Gasteiger partial charge on any atom is -0.394 e. The van der Waals surface area contributed by atoms with Crippen molar-refractivity contribution in [3.05, 3.63) is 122 Å². The molecule has 14 nitrogen and oxygen atoms in total. The van der Waals surface area contributed by atoms with Gasteiger partial charge in [0, 0.05) is 6.42 Å². The van der Waals surface area contributed by atoms with Gasteiger partial charge < -0.3 is 65.1 Å². The fourth-order valence-electron chi connectivity index (χ4n) is 9.23. The van der Waals surface area contributed by atoms with E-state index in [1.165, 1.54) is 77.0 Å². The number of hydrogen-bond donors (Lipinski definition) is 9. The largest absolute Gasteiger partial charge is 0.394 e. The van der Waals surface area contributed by atoms with Gasteiger partial charge in [-0.05, 0) is 83.5 Å². The molecule has 0 radical (unpaired) electrons. The number of rotatable bonds is 47. The Morgan fingerprint density at radius 2 is 0.863 bits per heavy atom. The van der Waals surface area contributed by atoms with Crippen LogP contribution in [0.2, 0.25) is 0 Å². The summed E-state index contributed by atoms with van der Waals surface area (Å²) >= 11 is 0. The van der Waals surface area contributed by atoms with Gasteiger partial charge in [-0.1, -0.05) is 225 Å². The Labute approximate surface area is 482 Å². The van der Waals surface area contributed by atoms with Crippen LogP contribution < -0.4 is 5.32 Å². The predicted octanol–water partition coefficient (Wildman–Crippen LogP) is 11.0. The molecule has 12 atom stereocenters. The number of aliphatic hydroxyl groups excluding tert-OH is 8. The number of ether oxygens (including phenoxy) is 4. The number of carbonyl (C=O) groups excluding carboxylic acids is 1. The Kier molecular flexibility index (Phi) is 45.3. The van der Waals surface area contributed by atoms with Crippen molar-refractivity contribution in [2.24, 2.45) is 0 Å². The first kappa shape index (κ1) is 72.5. The number of nitrogens with one attached hydrogen (secondary N) is 1. The highest BCUT2D eigenvalue weighted by Gasteiger charge is 2.51. The smallest absolute Gasteiger partial charge is 0.220 e. The van der Waals surface area contributed by atoms with E-state index in [4.69, 9.17) is 18.9 Å². The third-order valence-electron chi connectivity index (χ3n) is 14.2. The normalized spacial score (nSPS) is 25.1. The molecule has 2 aliphatic rings. The van der Waals surface area contributed by atoms with Crippen molar-refractivity contribution in [2.75, 3.05) is 19.8 Å². The minimum atomic E-state index is -1.80. The molecule has 80 heavy (non-hydrogen) atoms. The summed E-state index contributed by atoms with van der Waals surface area (Å²) in [4.78, 5) is 13.2. The summed E-state index contributed by atoms with van der Waals surface area (Å²) in [5.41, 5.74) is 0. The molecule has 0 bridgehead atoms. The number of aliphatic hydroxyl groups is 8. The second-order valence-corrected chi connectivity index (χ2v) is 21.1. The van der Waals surface area contributed by atoms with Gasteiger partial charge in [0.1, 0.15) is 48.8 Å². The summed E-state index contributed by atoms with van der Waals surface area (Å²) in [6.45, 7) is 2.63. The predicted molar refractivity (Wildman–Crippen MR) is 322 cm³/mol. The maximum atomic E-state index is 13.2. The molecule has 0 spiro atoms. The lowest BCUT2D eigenvalue weighted by Gasteiger charge is -2.46. The fraction of sp³-hybridized carbons (Fsp3) is 0.682. The first-order valence-corrected chi connectivity index (χ1v) is 30.8. The van der Waals surface area contributed by atoms with E-state index in [2.05, 4.69) is 122 Å². The van der Waals surface area contributed by atoms with Crippen molar-refractivity contribution in [3.63, 3.8) is 0 Å². The van der Waals surface area contributed by atoms with Crippen LogP contribution in [0, 0.1) is 0 Å². The average molecular weight is 1120 g/mol. The standard InChI is InChI=1S/C66H109NO13/c1-3-5-7-9-11-13-15-17-19-21-22-23-24-25-26-27-28-29-30-31-32-34-36-38-40-42-44-46-48-50-58(71)67-54(55(70)49-47-45-43-41-39-37-35-33-20-18-16-14-12-10-8-6-4-2)53-77-65-63(76)61(74)64(57(52-69)79-65)80-66-62(75)60(73)59(72)56(51-68)78-66/h5,7,11,13,17,19,22-23,25-26,28-29,31-32,36,38,42,44,47,49,54-57,59-66,68-70,72-76H,3-4,6,8-10,12,14-16,18,20-21,24,27,30,33-35,37,39-41,43,45-46,48,50-53H2,1-2H3,(H,67,71)/b7-5-,13-11-,19-17-,23-22-,26-25-,29-28-,32-31-,38-36-,44-42-,49-47+. The van der Waals surface area contributed by atoms with Gasteiger partial charge in [0.2, 0.25) is 5.91 Å². The summed E-state index contributed by atoms with van der Waals surface area (Å²) in [6.07, 6.45) is 55.2. The summed E-state index contributed by atoms with van der Waals surface area (Å²) in [5.74, 6) is -0.302. The third kappa shape index (κ3) is 34.7. The zero-order valence-corrected chi connectivity index (χ0v) is 49.0. The SMILES string of the molecule is CC/C=C\C/C=C\C/C=C\C/C=C\C/C=C\C/C=C\C/C=C\C/C=C\C/C=C\CCCC(=O)NC(COC1OC(CO)C(OC2OC(CO)C(O)C(O)C2O)C(O)C1O)C(O)/C=C/CCCCCCCCCCCCCCCCC. The van der Waals surface area contributed by atoms with E-state index >= 15 is 0 Å². The minimum absolute atomic E-state index is 0.193. The van der Waals surface area contributed by atoms with E-state index in [9.17, 15) is 45.6 Å². The first-order valence-electron chi connectivity index (χ1n) is 30.8. The van der Waals surface area contributed by atoms with E-state index in [0.717, 1.165) is 83.5 Å². The van der Waals surface area contributed by atoms with Crippen molar-refractivity contribution in [1.82, 2.24) is 5.32 Å². The van der Waals surface area contributed by atoms with Gasteiger partial charge in [0.05, 0.1) is 32.0 Å². The fourth-order valence-corrected chi connectivity index (χ4v) is 9.23. The van der Waals surface area contributed by atoms with Crippen molar-refractivity contribution < 1.29 is 64.6 Å². The maximum Gasteiger partial charge on any atom is 0.220 e. The molecule has 0 aliphatic carbocycles. The van der Waals surface area contributed by atoms with Crippen LogP contribution in [0.15, 0.2) is 122 Å². The van der Waals surface area contributed by atoms with Crippen LogP contribution in [-0.4, -0.2) is 140 Å². The van der Waals surface area contributed by atoms with E-state index in [-0.39, 0.29) is 18.9 Å². The van der Waals surface area contributed by atoms with Crippen molar-refractivity contribution >= 4 is 5.91 Å². The molecule has 0 aromatic carbocycles. The number of carbonyl (C=O) groups is 1. The topological polar surface area (TPSA) is 228 Å². The molecular formula is C66H109NO13. The van der Waals surface area contributed by atoms with Crippen LogP contribution >= 0.6 is 0 Å². The first-order chi connectivity index (χ1) is 39.1. The van der Waals surface area contributed by atoms with E-state index in [1.54, 1.807) is 6.08 Å². The second-order valence-electron chi connectivity index (χ2n) is 21.1. The number of hydrogen-bond acceptors (Lipinski definition) is 13. The summed E-state index contributed by atoms with van der Waals surface area (Å²) < 4.78 is 22.7. The van der Waals surface area contributed by atoms with Gasteiger partial charge >= 0.3 is 0 Å². The number of amides is 1. The van der Waals surface area contributed by atoms with Crippen molar-refractivity contribution in [3.8, 4) is 0 Å². The molecule has 2 rings (SSSR count). The Morgan fingerprint density at radius 1 is 0.463 bits per heavy atom. The lowest BCUT2D eigenvalue weighted by atomic mass is 9.97. The van der Waals surface area contributed by atoms with E-state index in [0.29, 0.717) is 12.8 Å². The molecule has 0 aromatic rings. The molecule has 2 fully saturated rings. The second kappa shape index (κ2) is 50.0. The van der Waals surface area contributed by atoms with Gasteiger partial charge in [-0.2, -0.15) is 0 Å². The van der Waals surface area contributed by atoms with Gasteiger partial charge in [0.15, 0.2) is 12.6 Å². The zero-order valence-electron chi connectivity index (χ0n) is 49.0. The van der Waals surface area contributed by atoms with E-state index in [1.807, 2.05) is 12.2 Å². The molecule has 2 saturated heterocycles. The number of unbranched alkanes of at least 4 members (excludes halogenated alkanes) is 16. The zero-order chi connectivity index (χ0) is 58.1. The summed E-state index contributed by atoms with van der Waals surface area (Å²) in [7, 11) is 0. The molecular weight excluding hydrogens is 1010 g/mol. The van der Waals surface area contributed by atoms with E-state index < -0.39 is 86.8 Å². The molecule has 14 heteroatoms. The van der Waals surface area contributed by atoms with Crippen LogP contribution in [0.5, 0.6) is 0 Å². The molecule has 0 aromatic heterocycles. The molecule has 0 saturated carbocycles. The highest BCUT2D eigenvalue weighted by atomic mass is 16.7. The Balaban J connectivity index is 1.78. The van der Waals surface area contributed by atoms with Gasteiger partial charge in [-0.25, -0.2) is 0 Å². The highest BCUT2D eigenvalue weighted by Crippen LogP contribution is 2.30. The lowest BCUT2D eigenvalue weighted by molar-refractivity contribution is -0.359. The van der Waals surface area contributed by atoms with Gasteiger partial charge in [-0.3, -0.25) is 4.79 Å². The van der Waals surface area contributed by atoms with Crippen molar-refractivity contribution in [1.29, 1.82) is 0 Å². The Hall–Kier alpha value is -3.61. The quantitative estimate of drug-likeness (QED) is 0.0204. The monoisotopic (exact) mass is 1120 g/mol. The van der Waals surface area contributed by atoms with Gasteiger partial charge in [0.25, 0.3) is 0 Å². The van der Waals surface area contributed by atoms with Crippen LogP contribution in [0.25, 0.3) is 0 Å². The number of allylic oxidation sites excluding steroid dienone is 19. The summed E-state index contributed by atoms with van der Waals surface area (Å²) in [6, 6.07) is -0.955. The van der Waals surface area contributed by atoms with Crippen molar-refractivity contribution in [2.45, 2.75) is 267 Å². The van der Waals surface area contributed by atoms with Crippen LogP contribution in [0.1, 0.15) is 194 Å². The Bertz CT molecular complexity index is 1800. The molecule has 9 N–H and O–H groups in total. The summed E-state index contributed by atoms with van der Waals surface area (Å²) in [5, 5.41) is 87.1. The molecule has 2 heterocycles. The van der Waals surface area contributed by atoms with Crippen LogP contribution in [0.3, 0.4) is 0 Å². The maximum absolute atomic E-state index is 13.2. The molecule has 2 aliphatic heterocycles. The molecule has 456 valence electrons. The average Bonchev–Trinajstić information content (AvgIpc) is 3.46. The molecule has 12 unspecified atom stereocenters. The molecule has 1 amide bonds. The third-order valence-corrected chi connectivity index (χ3v) is 14.2. The highest BCUT2D eigenvalue weighted by molar-refractivity contribution is 5.76. The van der Waals surface area contributed by atoms with Crippen LogP contribution in [-0.2, 0) is 23.7 Å². The lowest BCUT2D eigenvalue weighted by Crippen LogP contribution is -2.65. The van der Waals surface area contributed by atoms with Gasteiger partial charge in [-0.15, -0.1) is 0 Å². The van der Waals surface area contributed by atoms with Crippen LogP contribution in [0.4, 0.5) is 0 Å². The Morgan fingerprint density at radius 3 is 1.31 bits per heavy atom.